The van der Waals surface area contributed by atoms with Crippen molar-refractivity contribution in [1.29, 1.82) is 0 Å². The van der Waals surface area contributed by atoms with E-state index in [1.54, 1.807) is 0 Å². The summed E-state index contributed by atoms with van der Waals surface area (Å²) in [6, 6.07) is 41.8. The lowest BCUT2D eigenvalue weighted by atomic mass is 9.93. The first-order valence-electron chi connectivity index (χ1n) is 15.6. The molecule has 0 spiro atoms. The topological polar surface area (TPSA) is 68.2 Å². The van der Waals surface area contributed by atoms with Crippen molar-refractivity contribution >= 4 is 5.97 Å². The average Bonchev–Trinajstić information content (AvgIpc) is 3.56. The normalized spacial score (nSPS) is 19.0. The van der Waals surface area contributed by atoms with Gasteiger partial charge in [-0.15, -0.1) is 0 Å². The van der Waals surface area contributed by atoms with Crippen LogP contribution in [0.1, 0.15) is 50.5 Å². The fourth-order valence-electron chi connectivity index (χ4n) is 5.87. The van der Waals surface area contributed by atoms with Crippen LogP contribution < -0.4 is 0 Å². The summed E-state index contributed by atoms with van der Waals surface area (Å²) in [5.41, 5.74) is 5.43. The Morgan fingerprint density at radius 2 is 1.07 bits per heavy atom. The highest BCUT2D eigenvalue weighted by Crippen LogP contribution is 2.41. The highest BCUT2D eigenvalue weighted by atomic mass is 16.6. The molecule has 236 valence electrons. The van der Waals surface area contributed by atoms with Gasteiger partial charge in [0.15, 0.2) is 0 Å². The molecule has 0 N–H and O–H groups in total. The van der Waals surface area contributed by atoms with Crippen LogP contribution in [0.2, 0.25) is 0 Å². The van der Waals surface area contributed by atoms with Gasteiger partial charge in [0, 0.05) is 6.20 Å². The first kappa shape index (κ1) is 31.5. The fourth-order valence-corrected chi connectivity index (χ4v) is 5.87. The number of aromatic nitrogens is 1. The van der Waals surface area contributed by atoms with Crippen molar-refractivity contribution in [2.75, 3.05) is 13.7 Å². The molecule has 0 amide bonds. The van der Waals surface area contributed by atoms with Crippen molar-refractivity contribution < 1.29 is 28.5 Å². The Morgan fingerprint density at radius 3 is 1.57 bits per heavy atom. The maximum Gasteiger partial charge on any atom is 0.339 e. The van der Waals surface area contributed by atoms with Crippen molar-refractivity contribution in [2.24, 2.45) is 0 Å². The molecule has 0 bridgehead atoms. The molecule has 46 heavy (non-hydrogen) atoms. The number of nitrogens with zero attached hydrogens (tertiary/aromatic N) is 1. The molecule has 0 radical (unpaired) electrons. The molecule has 7 nitrogen and oxygen atoms in total. The van der Waals surface area contributed by atoms with E-state index in [4.69, 9.17) is 23.7 Å². The molecule has 1 aromatic heterocycles. The second-order valence-corrected chi connectivity index (χ2v) is 11.4. The first-order valence-corrected chi connectivity index (χ1v) is 15.6. The van der Waals surface area contributed by atoms with E-state index in [9.17, 15) is 4.79 Å². The quantitative estimate of drug-likeness (QED) is 0.120. The molecule has 4 atom stereocenters. The molecule has 0 saturated heterocycles. The minimum atomic E-state index is -0.548. The van der Waals surface area contributed by atoms with E-state index in [2.05, 4.69) is 4.57 Å². The van der Waals surface area contributed by atoms with Crippen LogP contribution >= 0.6 is 0 Å². The van der Waals surface area contributed by atoms with Gasteiger partial charge in [-0.05, 0) is 28.3 Å². The Morgan fingerprint density at radius 1 is 0.609 bits per heavy atom. The fraction of sp³-hybridized carbons (Fsp3) is 0.256. The van der Waals surface area contributed by atoms with E-state index in [0.717, 1.165) is 27.9 Å². The summed E-state index contributed by atoms with van der Waals surface area (Å²) in [4.78, 5) is 12.8. The molecule has 0 aliphatic carbocycles. The van der Waals surface area contributed by atoms with Crippen molar-refractivity contribution in [2.45, 2.75) is 50.8 Å². The monoisotopic (exact) mass is 617 g/mol. The Labute approximate surface area is 270 Å². The summed E-state index contributed by atoms with van der Waals surface area (Å²) in [6.45, 7) is 1.86. The Balaban J connectivity index is 1.38. The molecule has 1 aliphatic heterocycles. The lowest BCUT2D eigenvalue weighted by molar-refractivity contribution is -0.187. The Hall–Kier alpha value is -4.53. The van der Waals surface area contributed by atoms with Crippen molar-refractivity contribution in [1.82, 2.24) is 4.57 Å². The summed E-state index contributed by atoms with van der Waals surface area (Å²) >= 11 is 0. The molecule has 0 unspecified atom stereocenters. The number of rotatable bonds is 14. The van der Waals surface area contributed by atoms with E-state index in [1.165, 1.54) is 7.11 Å². The zero-order valence-electron chi connectivity index (χ0n) is 25.9. The number of methoxy groups -OCH3 is 1. The molecular formula is C39H39NO6. The van der Waals surface area contributed by atoms with Crippen LogP contribution in [-0.2, 0) is 50.1 Å². The van der Waals surface area contributed by atoms with Crippen LogP contribution in [0.5, 0.6) is 0 Å². The molecular weight excluding hydrogens is 578 g/mol. The molecule has 4 aromatic carbocycles. The van der Waals surface area contributed by atoms with E-state index in [-0.39, 0.29) is 6.04 Å². The standard InChI is InChI=1S/C39H39NO6/c1-42-39(41)33-22-34-36(44-25-30-16-8-3-9-17-30)38(46-27-32-20-12-5-13-21-32)37(45-26-31-18-10-4-11-19-31)35(40(34)23-33)28-43-24-29-14-6-2-7-15-29/h2-23,35-38H,24-28H2,1H3/t35-,36-,37-,38-/m1/s1. The van der Waals surface area contributed by atoms with Gasteiger partial charge in [0.2, 0.25) is 0 Å². The zero-order valence-corrected chi connectivity index (χ0v) is 25.9. The minimum Gasteiger partial charge on any atom is -0.465 e. The third kappa shape index (κ3) is 7.81. The van der Waals surface area contributed by atoms with Gasteiger partial charge in [0.1, 0.15) is 18.3 Å². The lowest BCUT2D eigenvalue weighted by Gasteiger charge is -2.43. The highest BCUT2D eigenvalue weighted by molar-refractivity contribution is 5.89. The van der Waals surface area contributed by atoms with E-state index in [1.807, 2.05) is 134 Å². The molecule has 2 heterocycles. The number of hydrogen-bond donors (Lipinski definition) is 0. The van der Waals surface area contributed by atoms with Crippen molar-refractivity contribution in [3.8, 4) is 0 Å². The van der Waals surface area contributed by atoms with Gasteiger partial charge in [-0.25, -0.2) is 4.79 Å². The zero-order chi connectivity index (χ0) is 31.6. The summed E-state index contributed by atoms with van der Waals surface area (Å²) in [5.74, 6) is -0.420. The maximum absolute atomic E-state index is 12.8. The molecule has 7 heteroatoms. The highest BCUT2D eigenvalue weighted by Gasteiger charge is 2.46. The first-order chi connectivity index (χ1) is 22.7. The van der Waals surface area contributed by atoms with Gasteiger partial charge >= 0.3 is 5.97 Å². The third-order valence-corrected chi connectivity index (χ3v) is 8.19. The average molecular weight is 618 g/mol. The summed E-state index contributed by atoms with van der Waals surface area (Å²) in [6.07, 6.45) is 0.272. The van der Waals surface area contributed by atoms with E-state index >= 15 is 0 Å². The molecule has 0 saturated carbocycles. The third-order valence-electron chi connectivity index (χ3n) is 8.19. The SMILES string of the molecule is COC(=O)c1cc2n(c1)[C@H](COCc1ccccc1)[C@@H](OCc1ccccc1)[C@H](OCc1ccccc1)[C@@H]2OCc1ccccc1. The van der Waals surface area contributed by atoms with Gasteiger partial charge in [-0.1, -0.05) is 121 Å². The number of ether oxygens (including phenoxy) is 5. The maximum atomic E-state index is 12.8. The van der Waals surface area contributed by atoms with Crippen LogP contribution in [0.25, 0.3) is 0 Å². The second-order valence-electron chi connectivity index (χ2n) is 11.4. The molecule has 6 rings (SSSR count). The number of carbonyl (C=O) groups excluding carboxylic acids is 1. The van der Waals surface area contributed by atoms with Crippen LogP contribution in [0.3, 0.4) is 0 Å². The van der Waals surface area contributed by atoms with Gasteiger partial charge < -0.3 is 28.3 Å². The summed E-state index contributed by atoms with van der Waals surface area (Å²) in [5, 5.41) is 0. The van der Waals surface area contributed by atoms with Crippen LogP contribution in [0.4, 0.5) is 0 Å². The molecule has 0 fully saturated rings. The van der Waals surface area contributed by atoms with Crippen LogP contribution in [0, 0.1) is 0 Å². The summed E-state index contributed by atoms with van der Waals surface area (Å²) < 4.78 is 33.8. The number of carbonyl (C=O) groups is 1. The van der Waals surface area contributed by atoms with Gasteiger partial charge in [-0.2, -0.15) is 0 Å². The minimum absolute atomic E-state index is 0.321. The van der Waals surface area contributed by atoms with E-state index < -0.39 is 24.3 Å². The molecule has 1 aliphatic rings. The smallest absolute Gasteiger partial charge is 0.339 e. The Bertz CT molecular complexity index is 1640. The van der Waals surface area contributed by atoms with Crippen molar-refractivity contribution in [3.05, 3.63) is 167 Å². The predicted molar refractivity (Wildman–Crippen MR) is 175 cm³/mol. The second kappa shape index (κ2) is 15.7. The number of hydrogen-bond acceptors (Lipinski definition) is 6. The number of benzene rings is 4. The van der Waals surface area contributed by atoms with Gasteiger partial charge in [-0.3, -0.25) is 0 Å². The van der Waals surface area contributed by atoms with Crippen molar-refractivity contribution in [3.63, 3.8) is 0 Å². The lowest BCUT2D eigenvalue weighted by Crippen LogP contribution is -2.49. The van der Waals surface area contributed by atoms with Crippen LogP contribution in [-0.4, -0.2) is 36.5 Å². The predicted octanol–water partition coefficient (Wildman–Crippen LogP) is 7.47. The van der Waals surface area contributed by atoms with Gasteiger partial charge in [0.05, 0.1) is 57.4 Å². The largest absolute Gasteiger partial charge is 0.465 e. The molecule has 5 aromatic rings. The van der Waals surface area contributed by atoms with Crippen LogP contribution in [0.15, 0.2) is 134 Å². The van der Waals surface area contributed by atoms with E-state index in [0.29, 0.717) is 38.6 Å². The number of fused-ring (bicyclic) bond motifs is 1. The summed E-state index contributed by atoms with van der Waals surface area (Å²) in [7, 11) is 1.39. The Kier molecular flexibility index (Phi) is 10.7. The van der Waals surface area contributed by atoms with Gasteiger partial charge in [0.25, 0.3) is 0 Å². The number of esters is 1.